The third-order valence-corrected chi connectivity index (χ3v) is 2.84. The average molecular weight is 358 g/mol. The molecule has 0 radical (unpaired) electrons. The van der Waals surface area contributed by atoms with Crippen LogP contribution in [0, 0.1) is 3.57 Å². The first-order chi connectivity index (χ1) is 8.63. The van der Waals surface area contributed by atoms with E-state index < -0.39 is 0 Å². The van der Waals surface area contributed by atoms with Crippen LogP contribution >= 0.6 is 22.6 Å². The molecule has 0 amide bonds. The summed E-state index contributed by atoms with van der Waals surface area (Å²) >= 11 is 2.17. The Labute approximate surface area is 120 Å². The monoisotopic (exact) mass is 358 g/mol. The van der Waals surface area contributed by atoms with Gasteiger partial charge in [0, 0.05) is 28.7 Å². The number of rotatable bonds is 5. The van der Waals surface area contributed by atoms with Gasteiger partial charge in [-0.15, -0.1) is 0 Å². The van der Waals surface area contributed by atoms with Crippen LogP contribution in [0.15, 0.2) is 24.8 Å². The fraction of sp³-hybridized carbons (Fsp3) is 0.364. The normalized spacial score (nSPS) is 10.9. The average Bonchev–Trinajstić information content (AvgIpc) is 2.77. The summed E-state index contributed by atoms with van der Waals surface area (Å²) in [6.45, 7) is 1.82. The summed E-state index contributed by atoms with van der Waals surface area (Å²) < 4.78 is 2.91. The van der Waals surface area contributed by atoms with Crippen molar-refractivity contribution in [3.8, 4) is 0 Å². The number of hydrogen-bond acceptors (Lipinski definition) is 5. The van der Waals surface area contributed by atoms with Crippen molar-refractivity contribution >= 4 is 34.2 Å². The summed E-state index contributed by atoms with van der Waals surface area (Å²) in [5.74, 6) is 0.586. The number of anilines is 2. The van der Waals surface area contributed by atoms with Gasteiger partial charge in [-0.05, 0) is 36.7 Å². The molecule has 0 fully saturated rings. The van der Waals surface area contributed by atoms with Crippen molar-refractivity contribution in [3.63, 3.8) is 0 Å². The second-order valence-electron chi connectivity index (χ2n) is 4.15. The number of aromatic nitrogens is 4. The minimum atomic E-state index is 0.586. The van der Waals surface area contributed by atoms with E-state index >= 15 is 0 Å². The van der Waals surface area contributed by atoms with Crippen LogP contribution in [-0.4, -0.2) is 45.3 Å². The lowest BCUT2D eigenvalue weighted by Gasteiger charge is -2.08. The number of hydrogen-bond donors (Lipinski definition) is 1. The highest BCUT2D eigenvalue weighted by Crippen LogP contribution is 2.11. The van der Waals surface area contributed by atoms with Gasteiger partial charge < -0.3 is 10.2 Å². The molecule has 96 valence electrons. The molecular formula is C11H15IN6. The van der Waals surface area contributed by atoms with E-state index in [2.05, 4.69) is 47.9 Å². The molecule has 2 heterocycles. The Balaban J connectivity index is 1.95. The Morgan fingerprint density at radius 1 is 1.28 bits per heavy atom. The fourth-order valence-electron chi connectivity index (χ4n) is 1.36. The molecule has 2 aromatic heterocycles. The van der Waals surface area contributed by atoms with Gasteiger partial charge >= 0.3 is 0 Å². The van der Waals surface area contributed by atoms with Gasteiger partial charge in [0.1, 0.15) is 0 Å². The molecule has 18 heavy (non-hydrogen) atoms. The lowest BCUT2D eigenvalue weighted by molar-refractivity contribution is 0.373. The first-order valence-electron chi connectivity index (χ1n) is 5.55. The Bertz CT molecular complexity index is 492. The van der Waals surface area contributed by atoms with Crippen LogP contribution < -0.4 is 5.32 Å². The highest BCUT2D eigenvalue weighted by atomic mass is 127. The van der Waals surface area contributed by atoms with Crippen LogP contribution in [0.3, 0.4) is 0 Å². The smallest absolute Gasteiger partial charge is 0.227 e. The minimum absolute atomic E-state index is 0.586. The van der Waals surface area contributed by atoms with Crippen LogP contribution in [-0.2, 0) is 6.54 Å². The third kappa shape index (κ3) is 3.91. The van der Waals surface area contributed by atoms with Crippen molar-refractivity contribution in [2.75, 3.05) is 26.0 Å². The topological polar surface area (TPSA) is 58.9 Å². The predicted molar refractivity (Wildman–Crippen MR) is 78.8 cm³/mol. The molecule has 1 N–H and O–H groups in total. The highest BCUT2D eigenvalue weighted by molar-refractivity contribution is 14.1. The number of likely N-dealkylation sites (N-methyl/N-ethyl adjacent to an activating group) is 1. The molecule has 2 aromatic rings. The van der Waals surface area contributed by atoms with E-state index in [1.807, 2.05) is 25.0 Å². The maximum Gasteiger partial charge on any atom is 0.227 e. The Morgan fingerprint density at radius 2 is 2.00 bits per heavy atom. The van der Waals surface area contributed by atoms with Crippen LogP contribution in [0.5, 0.6) is 0 Å². The zero-order valence-electron chi connectivity index (χ0n) is 10.3. The van der Waals surface area contributed by atoms with E-state index in [1.54, 1.807) is 18.6 Å². The first-order valence-corrected chi connectivity index (χ1v) is 6.63. The molecule has 0 aromatic carbocycles. The van der Waals surface area contributed by atoms with Gasteiger partial charge in [-0.1, -0.05) is 0 Å². The van der Waals surface area contributed by atoms with Gasteiger partial charge in [0.2, 0.25) is 5.95 Å². The van der Waals surface area contributed by atoms with Crippen molar-refractivity contribution < 1.29 is 0 Å². The molecule has 0 saturated carbocycles. The quantitative estimate of drug-likeness (QED) is 0.823. The largest absolute Gasteiger partial charge is 0.321 e. The van der Waals surface area contributed by atoms with Crippen LogP contribution in [0.25, 0.3) is 0 Å². The molecule has 0 spiro atoms. The maximum absolute atomic E-state index is 4.27. The molecule has 0 unspecified atom stereocenters. The number of nitrogens with zero attached hydrogens (tertiary/aromatic N) is 5. The van der Waals surface area contributed by atoms with Gasteiger partial charge in [-0.25, -0.2) is 9.97 Å². The SMILES string of the molecule is CN(C)CCn1cc(Nc2ncc(I)cn2)cn1. The van der Waals surface area contributed by atoms with E-state index in [-0.39, 0.29) is 0 Å². The Hall–Kier alpha value is -1.22. The highest BCUT2D eigenvalue weighted by Gasteiger charge is 2.01. The zero-order valence-corrected chi connectivity index (χ0v) is 12.5. The summed E-state index contributed by atoms with van der Waals surface area (Å²) in [5, 5.41) is 7.39. The minimum Gasteiger partial charge on any atom is -0.321 e. The third-order valence-electron chi connectivity index (χ3n) is 2.29. The molecular weight excluding hydrogens is 343 g/mol. The van der Waals surface area contributed by atoms with Crippen LogP contribution in [0.2, 0.25) is 0 Å². The van der Waals surface area contributed by atoms with E-state index in [0.717, 1.165) is 22.3 Å². The molecule has 0 aliphatic heterocycles. The van der Waals surface area contributed by atoms with Gasteiger partial charge in [0.05, 0.1) is 18.4 Å². The second kappa shape index (κ2) is 6.10. The molecule has 6 nitrogen and oxygen atoms in total. The molecule has 2 rings (SSSR count). The summed E-state index contributed by atoms with van der Waals surface area (Å²) in [6, 6.07) is 0. The van der Waals surface area contributed by atoms with E-state index in [4.69, 9.17) is 0 Å². The molecule has 0 aliphatic carbocycles. The van der Waals surface area contributed by atoms with Gasteiger partial charge in [0.15, 0.2) is 0 Å². The molecule has 0 saturated heterocycles. The zero-order chi connectivity index (χ0) is 13.0. The van der Waals surface area contributed by atoms with E-state index in [1.165, 1.54) is 0 Å². The van der Waals surface area contributed by atoms with Crippen molar-refractivity contribution in [2.24, 2.45) is 0 Å². The van der Waals surface area contributed by atoms with Gasteiger partial charge in [-0.3, -0.25) is 4.68 Å². The van der Waals surface area contributed by atoms with Crippen LogP contribution in [0.1, 0.15) is 0 Å². The van der Waals surface area contributed by atoms with E-state index in [0.29, 0.717) is 5.95 Å². The molecule has 0 atom stereocenters. The van der Waals surface area contributed by atoms with Crippen molar-refractivity contribution in [3.05, 3.63) is 28.4 Å². The standard InChI is InChI=1S/C11H15IN6/c1-17(2)3-4-18-8-10(7-15-18)16-11-13-5-9(12)6-14-11/h5-8H,3-4H2,1-2H3,(H,13,14,16). The summed E-state index contributed by atoms with van der Waals surface area (Å²) in [7, 11) is 4.09. The lowest BCUT2D eigenvalue weighted by Crippen LogP contribution is -2.18. The summed E-state index contributed by atoms with van der Waals surface area (Å²) in [5.41, 5.74) is 0.898. The Morgan fingerprint density at radius 3 is 2.67 bits per heavy atom. The Kier molecular flexibility index (Phi) is 4.48. The molecule has 0 bridgehead atoms. The van der Waals surface area contributed by atoms with Gasteiger partial charge in [0.25, 0.3) is 0 Å². The predicted octanol–water partition coefficient (Wildman–Crippen LogP) is 1.58. The second-order valence-corrected chi connectivity index (χ2v) is 5.39. The van der Waals surface area contributed by atoms with Crippen molar-refractivity contribution in [2.45, 2.75) is 6.54 Å². The van der Waals surface area contributed by atoms with E-state index in [9.17, 15) is 0 Å². The van der Waals surface area contributed by atoms with Crippen molar-refractivity contribution in [1.29, 1.82) is 0 Å². The lowest BCUT2D eigenvalue weighted by atomic mass is 10.5. The number of nitrogens with one attached hydrogen (secondary N) is 1. The maximum atomic E-state index is 4.27. The summed E-state index contributed by atoms with van der Waals surface area (Å²) in [4.78, 5) is 10.5. The molecule has 7 heteroatoms. The summed E-state index contributed by atoms with van der Waals surface area (Å²) in [6.07, 6.45) is 7.26. The van der Waals surface area contributed by atoms with Crippen molar-refractivity contribution in [1.82, 2.24) is 24.6 Å². The van der Waals surface area contributed by atoms with Crippen LogP contribution in [0.4, 0.5) is 11.6 Å². The first kappa shape index (κ1) is 13.2. The number of halogens is 1. The fourth-order valence-corrected chi connectivity index (χ4v) is 1.64. The molecule has 0 aliphatic rings. The van der Waals surface area contributed by atoms with Gasteiger partial charge in [-0.2, -0.15) is 5.10 Å².